The van der Waals surface area contributed by atoms with Gasteiger partial charge >= 0.3 is 0 Å². The van der Waals surface area contributed by atoms with Crippen LogP contribution in [0.5, 0.6) is 0 Å². The van der Waals surface area contributed by atoms with Crippen LogP contribution in [0.15, 0.2) is 18.3 Å². The van der Waals surface area contributed by atoms with E-state index >= 15 is 0 Å². The van der Waals surface area contributed by atoms with Crippen LogP contribution in [0.4, 0.5) is 4.39 Å². The number of aromatic nitrogens is 2. The van der Waals surface area contributed by atoms with Crippen LogP contribution in [-0.4, -0.2) is 9.97 Å². The highest BCUT2D eigenvalue weighted by molar-refractivity contribution is 6.31. The molecule has 0 amide bonds. The fourth-order valence-electron chi connectivity index (χ4n) is 1.12. The van der Waals surface area contributed by atoms with Crippen molar-refractivity contribution in [1.29, 1.82) is 0 Å². The van der Waals surface area contributed by atoms with Crippen molar-refractivity contribution in [2.45, 2.75) is 20.8 Å². The minimum atomic E-state index is -0.452. The van der Waals surface area contributed by atoms with Gasteiger partial charge in [0.25, 0.3) is 0 Å². The average molecular weight is 227 g/mol. The van der Waals surface area contributed by atoms with Gasteiger partial charge in [-0.2, -0.15) is 0 Å². The van der Waals surface area contributed by atoms with Crippen LogP contribution >= 0.6 is 11.6 Å². The van der Waals surface area contributed by atoms with E-state index in [9.17, 15) is 4.39 Å². The Hall–Kier alpha value is -1.22. The molecule has 0 aliphatic carbocycles. The Morgan fingerprint density at radius 3 is 2.60 bits per heavy atom. The molecule has 4 heteroatoms. The SMILES string of the molecule is CC.Cc1ncc2cc(Cl)c(F)cc2n1. The number of fused-ring (bicyclic) bond motifs is 1. The molecule has 0 N–H and O–H groups in total. The van der Waals surface area contributed by atoms with Gasteiger partial charge in [-0.05, 0) is 13.0 Å². The first kappa shape index (κ1) is 11.9. The van der Waals surface area contributed by atoms with Crippen molar-refractivity contribution in [1.82, 2.24) is 9.97 Å². The van der Waals surface area contributed by atoms with Crippen LogP contribution in [-0.2, 0) is 0 Å². The van der Waals surface area contributed by atoms with Crippen molar-refractivity contribution < 1.29 is 4.39 Å². The van der Waals surface area contributed by atoms with Crippen molar-refractivity contribution in [2.75, 3.05) is 0 Å². The van der Waals surface area contributed by atoms with E-state index in [1.54, 1.807) is 13.1 Å². The Kier molecular flexibility index (Phi) is 3.97. The highest BCUT2D eigenvalue weighted by Crippen LogP contribution is 2.20. The number of rotatable bonds is 0. The van der Waals surface area contributed by atoms with Crippen LogP contribution < -0.4 is 0 Å². The van der Waals surface area contributed by atoms with E-state index < -0.39 is 5.82 Å². The van der Waals surface area contributed by atoms with Crippen LogP contribution in [0.3, 0.4) is 0 Å². The summed E-state index contributed by atoms with van der Waals surface area (Å²) in [5, 5.41) is 0.844. The summed E-state index contributed by atoms with van der Waals surface area (Å²) in [6.07, 6.45) is 1.63. The van der Waals surface area contributed by atoms with Gasteiger partial charge < -0.3 is 0 Å². The molecular formula is C11H12ClFN2. The molecule has 0 fully saturated rings. The van der Waals surface area contributed by atoms with Gasteiger partial charge in [0.15, 0.2) is 0 Å². The Morgan fingerprint density at radius 2 is 1.93 bits per heavy atom. The molecule has 0 spiro atoms. The third-order valence-corrected chi connectivity index (χ3v) is 2.03. The molecule has 2 aromatic rings. The topological polar surface area (TPSA) is 25.8 Å². The molecule has 0 aliphatic heterocycles. The number of halogens is 2. The number of aryl methyl sites for hydroxylation is 1. The smallest absolute Gasteiger partial charge is 0.143 e. The molecule has 0 radical (unpaired) electrons. The van der Waals surface area contributed by atoms with Gasteiger partial charge in [-0.25, -0.2) is 14.4 Å². The summed E-state index contributed by atoms with van der Waals surface area (Å²) in [4.78, 5) is 8.05. The maximum absolute atomic E-state index is 13.0. The van der Waals surface area contributed by atoms with E-state index in [1.165, 1.54) is 12.1 Å². The van der Waals surface area contributed by atoms with Gasteiger partial charge in [-0.1, -0.05) is 25.4 Å². The molecule has 1 aromatic carbocycles. The van der Waals surface area contributed by atoms with Crippen LogP contribution in [0, 0.1) is 12.7 Å². The fourth-order valence-corrected chi connectivity index (χ4v) is 1.29. The fraction of sp³-hybridized carbons (Fsp3) is 0.273. The van der Waals surface area contributed by atoms with Gasteiger partial charge in [-0.3, -0.25) is 0 Å². The number of hydrogen-bond acceptors (Lipinski definition) is 2. The quantitative estimate of drug-likeness (QED) is 0.684. The molecule has 0 saturated carbocycles. The second-order valence-corrected chi connectivity index (χ2v) is 3.15. The molecular weight excluding hydrogens is 215 g/mol. The molecule has 80 valence electrons. The second kappa shape index (κ2) is 5.03. The predicted octanol–water partition coefficient (Wildman–Crippen LogP) is 3.76. The van der Waals surface area contributed by atoms with Crippen LogP contribution in [0.25, 0.3) is 10.9 Å². The normalized spacial score (nSPS) is 9.67. The second-order valence-electron chi connectivity index (χ2n) is 2.74. The third-order valence-electron chi connectivity index (χ3n) is 1.74. The Morgan fingerprint density at radius 1 is 1.27 bits per heavy atom. The summed E-state index contributed by atoms with van der Waals surface area (Å²) < 4.78 is 13.0. The molecule has 0 unspecified atom stereocenters. The zero-order valence-corrected chi connectivity index (χ0v) is 9.64. The van der Waals surface area contributed by atoms with Crippen molar-refractivity contribution in [3.63, 3.8) is 0 Å². The largest absolute Gasteiger partial charge is 0.241 e. The maximum Gasteiger partial charge on any atom is 0.143 e. The third kappa shape index (κ3) is 2.63. The standard InChI is InChI=1S/C9H6ClFN2.C2H6/c1-5-12-4-6-2-7(10)8(11)3-9(6)13-5;1-2/h2-4H,1H3;1-2H3. The maximum atomic E-state index is 13.0. The first-order chi connectivity index (χ1) is 7.16. The first-order valence-corrected chi connectivity index (χ1v) is 5.13. The lowest BCUT2D eigenvalue weighted by molar-refractivity contribution is 0.629. The predicted molar refractivity (Wildman–Crippen MR) is 60.6 cm³/mol. The van der Waals surface area contributed by atoms with Crippen molar-refractivity contribution >= 4 is 22.5 Å². The lowest BCUT2D eigenvalue weighted by Crippen LogP contribution is -1.89. The zero-order chi connectivity index (χ0) is 11.4. The summed E-state index contributed by atoms with van der Waals surface area (Å²) in [7, 11) is 0. The number of hydrogen-bond donors (Lipinski definition) is 0. The average Bonchev–Trinajstić information content (AvgIpc) is 2.23. The molecule has 2 nitrogen and oxygen atoms in total. The summed E-state index contributed by atoms with van der Waals surface area (Å²) in [6, 6.07) is 2.83. The van der Waals surface area contributed by atoms with Gasteiger partial charge in [0.05, 0.1) is 10.5 Å². The Balaban J connectivity index is 0.000000531. The lowest BCUT2D eigenvalue weighted by Gasteiger charge is -1.99. The number of benzene rings is 1. The van der Waals surface area contributed by atoms with Gasteiger partial charge in [0, 0.05) is 17.6 Å². The number of nitrogens with zero attached hydrogens (tertiary/aromatic N) is 2. The Bertz CT molecular complexity index is 471. The summed E-state index contributed by atoms with van der Waals surface area (Å²) in [5.74, 6) is 0.168. The highest BCUT2D eigenvalue weighted by Gasteiger charge is 2.03. The first-order valence-electron chi connectivity index (χ1n) is 4.75. The van der Waals surface area contributed by atoms with Crippen molar-refractivity contribution in [2.24, 2.45) is 0 Å². The van der Waals surface area contributed by atoms with Gasteiger partial charge in [0.2, 0.25) is 0 Å². The highest BCUT2D eigenvalue weighted by atomic mass is 35.5. The van der Waals surface area contributed by atoms with E-state index in [4.69, 9.17) is 11.6 Å². The molecule has 0 aliphatic rings. The molecule has 2 rings (SSSR count). The molecule has 1 heterocycles. The lowest BCUT2D eigenvalue weighted by atomic mass is 10.2. The van der Waals surface area contributed by atoms with Gasteiger partial charge in [0.1, 0.15) is 11.6 Å². The van der Waals surface area contributed by atoms with E-state index in [2.05, 4.69) is 9.97 Å². The molecule has 15 heavy (non-hydrogen) atoms. The summed E-state index contributed by atoms with van der Waals surface area (Å²) >= 11 is 5.60. The van der Waals surface area contributed by atoms with Crippen LogP contribution in [0.2, 0.25) is 5.02 Å². The summed E-state index contributed by atoms with van der Waals surface area (Å²) in [5.41, 5.74) is 0.578. The van der Waals surface area contributed by atoms with Crippen molar-refractivity contribution in [3.05, 3.63) is 35.0 Å². The summed E-state index contributed by atoms with van der Waals surface area (Å²) in [6.45, 7) is 5.76. The molecule has 0 atom stereocenters. The Labute approximate surface area is 93.1 Å². The van der Waals surface area contributed by atoms with E-state index in [1.807, 2.05) is 13.8 Å². The van der Waals surface area contributed by atoms with Crippen molar-refractivity contribution in [3.8, 4) is 0 Å². The zero-order valence-electron chi connectivity index (χ0n) is 8.88. The molecule has 1 aromatic heterocycles. The molecule has 0 saturated heterocycles. The van der Waals surface area contributed by atoms with Crippen LogP contribution in [0.1, 0.15) is 19.7 Å². The van der Waals surface area contributed by atoms with E-state index in [0.717, 1.165) is 5.39 Å². The minimum absolute atomic E-state index is 0.0972. The van der Waals surface area contributed by atoms with Gasteiger partial charge in [-0.15, -0.1) is 0 Å². The van der Waals surface area contributed by atoms with E-state index in [-0.39, 0.29) is 5.02 Å². The minimum Gasteiger partial charge on any atom is -0.241 e. The van der Waals surface area contributed by atoms with E-state index in [0.29, 0.717) is 11.3 Å². The molecule has 0 bridgehead atoms. The monoisotopic (exact) mass is 226 g/mol.